The van der Waals surface area contributed by atoms with Crippen LogP contribution in [0.5, 0.6) is 5.75 Å². The van der Waals surface area contributed by atoms with E-state index in [2.05, 4.69) is 20.9 Å². The molecule has 0 aliphatic carbocycles. The van der Waals surface area contributed by atoms with Crippen LogP contribution in [0.2, 0.25) is 0 Å². The molecule has 2 nitrogen and oxygen atoms in total. The lowest BCUT2D eigenvalue weighted by Crippen LogP contribution is -2.04. The molecule has 1 N–H and O–H groups in total. The number of hydrogen-bond donors (Lipinski definition) is 1. The van der Waals surface area contributed by atoms with E-state index in [0.717, 1.165) is 26.4 Å². The third kappa shape index (κ3) is 2.79. The van der Waals surface area contributed by atoms with Crippen LogP contribution in [0.4, 0.5) is 4.39 Å². The van der Waals surface area contributed by atoms with Crippen LogP contribution in [0.1, 0.15) is 11.1 Å². The topological polar surface area (TPSA) is 33.1 Å². The Morgan fingerprint density at radius 1 is 1.14 bits per heavy atom. The van der Waals surface area contributed by atoms with Gasteiger partial charge in [-0.3, -0.25) is 4.98 Å². The zero-order valence-corrected chi connectivity index (χ0v) is 13.0. The van der Waals surface area contributed by atoms with Crippen LogP contribution >= 0.6 is 15.9 Å². The van der Waals surface area contributed by atoms with Gasteiger partial charge in [-0.1, -0.05) is 28.1 Å². The summed E-state index contributed by atoms with van der Waals surface area (Å²) >= 11 is 3.51. The number of benzene rings is 2. The number of aromatic hydroxyl groups is 1. The lowest BCUT2D eigenvalue weighted by Gasteiger charge is -2.09. The van der Waals surface area contributed by atoms with Crippen molar-refractivity contribution in [1.82, 2.24) is 4.98 Å². The molecule has 104 valence electrons. The smallest absolute Gasteiger partial charge is 0.144 e. The lowest BCUT2D eigenvalue weighted by molar-refractivity contribution is 0.484. The van der Waals surface area contributed by atoms with Crippen molar-refractivity contribution >= 4 is 40.1 Å². The number of hydrogen-bond acceptors (Lipinski definition) is 2. The highest BCUT2D eigenvalue weighted by Crippen LogP contribution is 2.28. The summed E-state index contributed by atoms with van der Waals surface area (Å²) < 4.78 is 13.8. The molecule has 0 spiro atoms. The Balaban J connectivity index is 2.03. The van der Waals surface area contributed by atoms with Gasteiger partial charge in [-0.25, -0.2) is 4.39 Å². The highest BCUT2D eigenvalue weighted by molar-refractivity contribution is 9.10. The number of aromatic nitrogens is 1. The third-order valence-corrected chi connectivity index (χ3v) is 4.12. The van der Waals surface area contributed by atoms with Crippen molar-refractivity contribution in [2.24, 2.45) is 0 Å². The summed E-state index contributed by atoms with van der Waals surface area (Å²) in [5, 5.41) is 10.9. The molecular weight excluding hydrogens is 332 g/mol. The summed E-state index contributed by atoms with van der Waals surface area (Å²) in [6.07, 6.45) is 2.42. The molecule has 0 radical (unpaired) electrons. The largest absolute Gasteiger partial charge is 0.506 e. The molecule has 0 unspecified atom stereocenters. The number of pyridine rings is 1. The van der Waals surface area contributed by atoms with Crippen molar-refractivity contribution in [3.63, 3.8) is 0 Å². The number of rotatable bonds is 2. The van der Waals surface area contributed by atoms with Gasteiger partial charge in [0.2, 0.25) is 0 Å². The fourth-order valence-electron chi connectivity index (χ4n) is 2.34. The second-order valence-electron chi connectivity index (χ2n) is 5.07. The summed E-state index contributed by atoms with van der Waals surface area (Å²) in [6, 6.07) is 10.3. The van der Waals surface area contributed by atoms with E-state index in [0.29, 0.717) is 11.9 Å². The summed E-state index contributed by atoms with van der Waals surface area (Å²) in [7, 11) is 1.84. The molecule has 2 aromatic carbocycles. The summed E-state index contributed by atoms with van der Waals surface area (Å²) in [5.74, 6) is -0.0277. The lowest BCUT2D eigenvalue weighted by atomic mass is 9.93. The Morgan fingerprint density at radius 3 is 2.57 bits per heavy atom. The fraction of sp³-hybridized carbons (Fsp3) is 0.0625. The van der Waals surface area contributed by atoms with E-state index >= 15 is 0 Å². The highest BCUT2D eigenvalue weighted by Gasteiger charge is 2.09. The van der Waals surface area contributed by atoms with Crippen molar-refractivity contribution in [3.8, 4) is 5.75 Å². The highest BCUT2D eigenvalue weighted by atomic mass is 79.9. The average Bonchev–Trinajstić information content (AvgIpc) is 2.47. The number of phenolic OH excluding ortho intramolecular Hbond substituents is 1. The number of nitrogens with zero attached hydrogens (tertiary/aromatic N) is 1. The maximum absolute atomic E-state index is 12.9. The monoisotopic (exact) mass is 343 g/mol. The summed E-state index contributed by atoms with van der Waals surface area (Å²) in [6.45, 7) is 0. The Bertz CT molecular complexity index is 821. The second kappa shape index (κ2) is 5.49. The van der Waals surface area contributed by atoms with Gasteiger partial charge >= 0.3 is 0 Å². The zero-order valence-electron chi connectivity index (χ0n) is 11.4. The first-order valence-corrected chi connectivity index (χ1v) is 7.35. The molecule has 0 saturated carbocycles. The van der Waals surface area contributed by atoms with Crippen molar-refractivity contribution in [3.05, 3.63) is 64.0 Å². The molecule has 5 heteroatoms. The Morgan fingerprint density at radius 2 is 1.86 bits per heavy atom. The van der Waals surface area contributed by atoms with Crippen LogP contribution in [0.25, 0.3) is 10.9 Å². The molecule has 0 aliphatic heterocycles. The van der Waals surface area contributed by atoms with Gasteiger partial charge in [0.05, 0.1) is 0 Å². The van der Waals surface area contributed by atoms with Crippen LogP contribution < -0.4 is 5.46 Å². The number of fused-ring (bicyclic) bond motifs is 1. The molecular formula is C16H12BBrFNO. The minimum atomic E-state index is -0.237. The van der Waals surface area contributed by atoms with Crippen molar-refractivity contribution in [2.45, 2.75) is 6.42 Å². The Kier molecular flexibility index (Phi) is 3.68. The van der Waals surface area contributed by atoms with Gasteiger partial charge in [-0.05, 0) is 47.3 Å². The predicted molar refractivity (Wildman–Crippen MR) is 88.5 cm³/mol. The minimum absolute atomic E-state index is 0.210. The van der Waals surface area contributed by atoms with E-state index in [-0.39, 0.29) is 11.6 Å². The van der Waals surface area contributed by atoms with Gasteiger partial charge in [0.15, 0.2) is 0 Å². The van der Waals surface area contributed by atoms with Crippen LogP contribution in [0.15, 0.2) is 47.1 Å². The normalized spacial score (nSPS) is 11.0. The predicted octanol–water partition coefficient (Wildman–Crippen LogP) is 2.69. The molecule has 1 aromatic heterocycles. The second-order valence-corrected chi connectivity index (χ2v) is 5.92. The number of halogens is 2. The third-order valence-electron chi connectivity index (χ3n) is 3.46. The first-order valence-electron chi connectivity index (χ1n) is 6.56. The van der Waals surface area contributed by atoms with Gasteiger partial charge in [0.1, 0.15) is 24.9 Å². The Labute approximate surface area is 131 Å². The quantitative estimate of drug-likeness (QED) is 0.726. The van der Waals surface area contributed by atoms with Gasteiger partial charge in [0.25, 0.3) is 0 Å². The molecule has 0 amide bonds. The molecule has 0 aliphatic rings. The SMILES string of the molecule is Bc1cc(Br)c2cc(Cc3ccc(F)cc3)cnc2c1O. The standard InChI is InChI=1S/C16H12BBrFNO/c17-13-7-14(18)12-6-10(8-20-15(12)16(13)21)5-9-1-3-11(19)4-2-9/h1-4,6-8,21H,5,17H2. The molecule has 0 atom stereocenters. The van der Waals surface area contributed by atoms with E-state index in [1.165, 1.54) is 12.1 Å². The first kappa shape index (κ1) is 14.1. The maximum atomic E-state index is 12.9. The van der Waals surface area contributed by atoms with Crippen molar-refractivity contribution in [1.29, 1.82) is 0 Å². The van der Waals surface area contributed by atoms with Gasteiger partial charge in [-0.15, -0.1) is 0 Å². The van der Waals surface area contributed by atoms with E-state index in [1.807, 2.05) is 20.0 Å². The van der Waals surface area contributed by atoms with Crippen molar-refractivity contribution < 1.29 is 9.50 Å². The Hall–Kier alpha value is -1.88. The maximum Gasteiger partial charge on any atom is 0.144 e. The zero-order chi connectivity index (χ0) is 15.0. The van der Waals surface area contributed by atoms with E-state index < -0.39 is 0 Å². The molecule has 3 rings (SSSR count). The number of phenols is 1. The van der Waals surface area contributed by atoms with Crippen LogP contribution in [0, 0.1) is 5.82 Å². The molecule has 1 heterocycles. The molecule has 0 saturated heterocycles. The average molecular weight is 344 g/mol. The molecule has 0 bridgehead atoms. The van der Waals surface area contributed by atoms with Crippen LogP contribution in [-0.2, 0) is 6.42 Å². The van der Waals surface area contributed by atoms with Gasteiger partial charge in [-0.2, -0.15) is 0 Å². The van der Waals surface area contributed by atoms with E-state index in [9.17, 15) is 9.50 Å². The van der Waals surface area contributed by atoms with E-state index in [4.69, 9.17) is 0 Å². The molecule has 0 fully saturated rings. The summed E-state index contributed by atoms with van der Waals surface area (Å²) in [4.78, 5) is 4.36. The molecule has 21 heavy (non-hydrogen) atoms. The minimum Gasteiger partial charge on any atom is -0.506 e. The first-order chi connectivity index (χ1) is 10.0. The van der Waals surface area contributed by atoms with Crippen molar-refractivity contribution in [2.75, 3.05) is 0 Å². The van der Waals surface area contributed by atoms with Crippen LogP contribution in [-0.4, -0.2) is 17.9 Å². The van der Waals surface area contributed by atoms with Gasteiger partial charge < -0.3 is 5.11 Å². The van der Waals surface area contributed by atoms with E-state index in [1.54, 1.807) is 18.3 Å². The van der Waals surface area contributed by atoms with Crippen LogP contribution in [0.3, 0.4) is 0 Å². The summed E-state index contributed by atoms with van der Waals surface area (Å²) in [5.41, 5.74) is 3.40. The molecule has 3 aromatic rings. The van der Waals surface area contributed by atoms with Gasteiger partial charge in [0, 0.05) is 16.1 Å². The fourth-order valence-corrected chi connectivity index (χ4v) is 2.98.